The summed E-state index contributed by atoms with van der Waals surface area (Å²) >= 11 is 0. The zero-order valence-corrected chi connectivity index (χ0v) is 9.58. The molecule has 0 bridgehead atoms. The van der Waals surface area contributed by atoms with Crippen molar-refractivity contribution in [2.24, 2.45) is 0 Å². The fourth-order valence-corrected chi connectivity index (χ4v) is 1.90. The van der Waals surface area contributed by atoms with Crippen LogP contribution in [0.1, 0.15) is 24.0 Å². The molecule has 0 aliphatic carbocycles. The molecule has 1 unspecified atom stereocenters. The van der Waals surface area contributed by atoms with Gasteiger partial charge in [-0.1, -0.05) is 6.07 Å². The van der Waals surface area contributed by atoms with Gasteiger partial charge in [0.1, 0.15) is 5.82 Å². The maximum Gasteiger partial charge on any atom is 0.130 e. The second-order valence-corrected chi connectivity index (χ2v) is 4.20. The predicted octanol–water partition coefficient (Wildman–Crippen LogP) is 1.97. The first-order chi connectivity index (χ1) is 8.29. The molecular weight excluding hydrogens is 219 g/mol. The van der Waals surface area contributed by atoms with E-state index in [1.165, 1.54) is 6.07 Å². The van der Waals surface area contributed by atoms with E-state index in [-0.39, 0.29) is 18.5 Å². The third kappa shape index (κ3) is 3.26. The first-order valence-corrected chi connectivity index (χ1v) is 5.80. The van der Waals surface area contributed by atoms with Crippen LogP contribution in [0.2, 0.25) is 0 Å². The lowest BCUT2D eigenvalue weighted by atomic mass is 10.1. The van der Waals surface area contributed by atoms with Crippen molar-refractivity contribution >= 4 is 0 Å². The summed E-state index contributed by atoms with van der Waals surface area (Å²) < 4.78 is 19.2. The van der Waals surface area contributed by atoms with Gasteiger partial charge in [-0.2, -0.15) is 5.26 Å². The number of ether oxygens (including phenoxy) is 1. The number of nitrogens with zero attached hydrogens (tertiary/aromatic N) is 1. The Labute approximate surface area is 100 Å². The van der Waals surface area contributed by atoms with E-state index in [0.717, 1.165) is 25.9 Å². The molecule has 0 radical (unpaired) electrons. The molecule has 1 aromatic carbocycles. The standard InChI is InChI=1S/C13H15FN2O/c14-13-6-10(7-15)3-4-11(13)9-17-12-2-1-5-16-8-12/h3-4,6,12,16H,1-2,5,8-9H2. The van der Waals surface area contributed by atoms with Gasteiger partial charge in [-0.15, -0.1) is 0 Å². The molecule has 3 nitrogen and oxygen atoms in total. The van der Waals surface area contributed by atoms with Gasteiger partial charge >= 0.3 is 0 Å². The van der Waals surface area contributed by atoms with Gasteiger partial charge in [0, 0.05) is 12.1 Å². The average Bonchev–Trinajstić information content (AvgIpc) is 2.38. The monoisotopic (exact) mass is 234 g/mol. The zero-order chi connectivity index (χ0) is 12.1. The Balaban J connectivity index is 1.92. The van der Waals surface area contributed by atoms with Crippen LogP contribution >= 0.6 is 0 Å². The molecule has 1 N–H and O–H groups in total. The smallest absolute Gasteiger partial charge is 0.130 e. The highest BCUT2D eigenvalue weighted by atomic mass is 19.1. The molecule has 17 heavy (non-hydrogen) atoms. The van der Waals surface area contributed by atoms with Gasteiger partial charge in [0.05, 0.1) is 24.3 Å². The predicted molar refractivity (Wildman–Crippen MR) is 61.8 cm³/mol. The van der Waals surface area contributed by atoms with E-state index in [9.17, 15) is 4.39 Å². The second-order valence-electron chi connectivity index (χ2n) is 4.20. The van der Waals surface area contributed by atoms with Gasteiger partial charge in [0.25, 0.3) is 0 Å². The number of nitrogens with one attached hydrogen (secondary N) is 1. The summed E-state index contributed by atoms with van der Waals surface area (Å²) in [5.74, 6) is -0.368. The third-order valence-electron chi connectivity index (χ3n) is 2.91. The highest BCUT2D eigenvalue weighted by Gasteiger charge is 2.14. The minimum Gasteiger partial charge on any atom is -0.372 e. The Morgan fingerprint density at radius 3 is 3.06 bits per heavy atom. The van der Waals surface area contributed by atoms with E-state index in [1.54, 1.807) is 12.1 Å². The fourth-order valence-electron chi connectivity index (χ4n) is 1.90. The Bertz CT molecular complexity index is 422. The van der Waals surface area contributed by atoms with Crippen LogP contribution in [0.25, 0.3) is 0 Å². The van der Waals surface area contributed by atoms with Crippen molar-refractivity contribution in [2.75, 3.05) is 13.1 Å². The van der Waals surface area contributed by atoms with Crippen LogP contribution in [0.5, 0.6) is 0 Å². The van der Waals surface area contributed by atoms with Crippen LogP contribution in [-0.2, 0) is 11.3 Å². The van der Waals surface area contributed by atoms with Crippen molar-refractivity contribution in [3.8, 4) is 6.07 Å². The first-order valence-electron chi connectivity index (χ1n) is 5.80. The fraction of sp³-hybridized carbons (Fsp3) is 0.462. The lowest BCUT2D eigenvalue weighted by molar-refractivity contribution is 0.0239. The van der Waals surface area contributed by atoms with E-state index >= 15 is 0 Å². The van der Waals surface area contributed by atoms with Crippen molar-refractivity contribution in [1.82, 2.24) is 5.32 Å². The highest BCUT2D eigenvalue weighted by Crippen LogP contribution is 2.14. The summed E-state index contributed by atoms with van der Waals surface area (Å²) in [5, 5.41) is 11.9. The minimum atomic E-state index is -0.368. The van der Waals surface area contributed by atoms with Gasteiger partial charge < -0.3 is 10.1 Å². The lowest BCUT2D eigenvalue weighted by Gasteiger charge is -2.23. The third-order valence-corrected chi connectivity index (χ3v) is 2.91. The topological polar surface area (TPSA) is 45.0 Å². The van der Waals surface area contributed by atoms with Crippen molar-refractivity contribution < 1.29 is 9.13 Å². The van der Waals surface area contributed by atoms with Crippen LogP contribution in [0.15, 0.2) is 18.2 Å². The number of piperidine rings is 1. The van der Waals surface area contributed by atoms with E-state index in [1.807, 2.05) is 6.07 Å². The van der Waals surface area contributed by atoms with Crippen LogP contribution in [0.4, 0.5) is 4.39 Å². The van der Waals surface area contributed by atoms with Crippen LogP contribution in [-0.4, -0.2) is 19.2 Å². The molecule has 0 aromatic heterocycles. The summed E-state index contributed by atoms with van der Waals surface area (Å²) in [6.45, 7) is 2.13. The molecule has 1 heterocycles. The maximum atomic E-state index is 13.5. The quantitative estimate of drug-likeness (QED) is 0.869. The molecule has 0 saturated carbocycles. The molecule has 1 atom stereocenters. The molecule has 90 valence electrons. The molecule has 1 aromatic rings. The molecule has 1 saturated heterocycles. The van der Waals surface area contributed by atoms with Crippen molar-refractivity contribution in [1.29, 1.82) is 5.26 Å². The Hall–Kier alpha value is -1.44. The Morgan fingerprint density at radius 2 is 2.41 bits per heavy atom. The second kappa shape index (κ2) is 5.76. The lowest BCUT2D eigenvalue weighted by Crippen LogP contribution is -2.35. The number of benzene rings is 1. The molecule has 1 fully saturated rings. The van der Waals surface area contributed by atoms with Gasteiger partial charge in [0.15, 0.2) is 0 Å². The number of rotatable bonds is 3. The largest absolute Gasteiger partial charge is 0.372 e. The molecule has 4 heteroatoms. The van der Waals surface area contributed by atoms with E-state index in [4.69, 9.17) is 10.00 Å². The van der Waals surface area contributed by atoms with E-state index < -0.39 is 0 Å². The summed E-state index contributed by atoms with van der Waals surface area (Å²) in [6.07, 6.45) is 2.28. The normalized spacial score (nSPS) is 19.9. The molecule has 1 aliphatic rings. The summed E-state index contributed by atoms with van der Waals surface area (Å²) in [7, 11) is 0. The number of hydrogen-bond acceptors (Lipinski definition) is 3. The molecule has 2 rings (SSSR count). The van der Waals surface area contributed by atoms with E-state index in [2.05, 4.69) is 5.32 Å². The maximum absolute atomic E-state index is 13.5. The van der Waals surface area contributed by atoms with Gasteiger partial charge in [-0.25, -0.2) is 4.39 Å². The van der Waals surface area contributed by atoms with Crippen molar-refractivity contribution in [3.63, 3.8) is 0 Å². The van der Waals surface area contributed by atoms with Gasteiger partial charge in [-0.05, 0) is 31.5 Å². The van der Waals surface area contributed by atoms with E-state index in [0.29, 0.717) is 11.1 Å². The van der Waals surface area contributed by atoms with Crippen LogP contribution in [0, 0.1) is 17.1 Å². The molecule has 0 amide bonds. The van der Waals surface area contributed by atoms with Crippen LogP contribution < -0.4 is 5.32 Å². The Kier molecular flexibility index (Phi) is 4.08. The zero-order valence-electron chi connectivity index (χ0n) is 9.58. The average molecular weight is 234 g/mol. The SMILES string of the molecule is N#Cc1ccc(COC2CCCNC2)c(F)c1. The first kappa shape index (κ1) is 12.0. The highest BCUT2D eigenvalue weighted by molar-refractivity contribution is 5.32. The molecular formula is C13H15FN2O. The minimum absolute atomic E-state index is 0.166. The number of hydrogen-bond donors (Lipinski definition) is 1. The number of nitriles is 1. The Morgan fingerprint density at radius 1 is 1.53 bits per heavy atom. The molecule has 0 spiro atoms. The van der Waals surface area contributed by atoms with Crippen molar-refractivity contribution in [3.05, 3.63) is 35.1 Å². The summed E-state index contributed by atoms with van der Waals surface area (Å²) in [5.41, 5.74) is 0.847. The van der Waals surface area contributed by atoms with Crippen molar-refractivity contribution in [2.45, 2.75) is 25.6 Å². The molecule has 1 aliphatic heterocycles. The van der Waals surface area contributed by atoms with Crippen LogP contribution in [0.3, 0.4) is 0 Å². The summed E-state index contributed by atoms with van der Waals surface area (Å²) in [6, 6.07) is 6.38. The summed E-state index contributed by atoms with van der Waals surface area (Å²) in [4.78, 5) is 0. The number of halogens is 1. The van der Waals surface area contributed by atoms with Gasteiger partial charge in [0.2, 0.25) is 0 Å². The van der Waals surface area contributed by atoms with Gasteiger partial charge in [-0.3, -0.25) is 0 Å².